The summed E-state index contributed by atoms with van der Waals surface area (Å²) in [6.07, 6.45) is 0. The van der Waals surface area contributed by atoms with Gasteiger partial charge in [0.05, 0.1) is 12.0 Å². The minimum absolute atomic E-state index is 0.280. The second-order valence-electron chi connectivity index (χ2n) is 6.34. The number of ether oxygens (including phenoxy) is 3. The molecule has 3 rings (SSSR count). The summed E-state index contributed by atoms with van der Waals surface area (Å²) in [6.45, 7) is 6.33. The average molecular weight is 377 g/mol. The maximum absolute atomic E-state index is 12.9. The summed E-state index contributed by atoms with van der Waals surface area (Å²) in [4.78, 5) is 0.280. The van der Waals surface area contributed by atoms with Crippen LogP contribution in [0.2, 0.25) is 0 Å². The molecular formula is C19H23NO5S. The predicted molar refractivity (Wildman–Crippen MR) is 98.6 cm³/mol. The molecule has 2 aromatic carbocycles. The molecule has 0 fully saturated rings. The molecule has 0 saturated carbocycles. The van der Waals surface area contributed by atoms with Crippen molar-refractivity contribution in [2.45, 2.75) is 31.7 Å². The third-order valence-electron chi connectivity index (χ3n) is 4.34. The molecule has 1 N–H and O–H groups in total. The van der Waals surface area contributed by atoms with Crippen molar-refractivity contribution in [2.75, 3.05) is 20.3 Å². The van der Waals surface area contributed by atoms with Crippen LogP contribution in [0, 0.1) is 13.8 Å². The molecule has 1 aliphatic rings. The van der Waals surface area contributed by atoms with Crippen molar-refractivity contribution in [3.63, 3.8) is 0 Å². The van der Waals surface area contributed by atoms with Gasteiger partial charge in [0.2, 0.25) is 10.0 Å². The van der Waals surface area contributed by atoms with E-state index in [4.69, 9.17) is 14.2 Å². The SMILES string of the molecule is COc1cc(C)c(S(=O)(=O)N[C@@H](C)c2ccc3c(c2)OCCO3)c(C)c1. The highest BCUT2D eigenvalue weighted by Gasteiger charge is 2.24. The van der Waals surface area contributed by atoms with Crippen molar-refractivity contribution in [1.29, 1.82) is 0 Å². The fourth-order valence-electron chi connectivity index (χ4n) is 3.14. The smallest absolute Gasteiger partial charge is 0.241 e. The Morgan fingerprint density at radius 2 is 1.65 bits per heavy atom. The van der Waals surface area contributed by atoms with Crippen LogP contribution in [0.4, 0.5) is 0 Å². The van der Waals surface area contributed by atoms with Crippen LogP contribution < -0.4 is 18.9 Å². The monoisotopic (exact) mass is 377 g/mol. The van der Waals surface area contributed by atoms with Crippen LogP contribution in [0.15, 0.2) is 35.2 Å². The van der Waals surface area contributed by atoms with Gasteiger partial charge < -0.3 is 14.2 Å². The third kappa shape index (κ3) is 3.64. The predicted octanol–water partition coefficient (Wildman–Crippen LogP) is 3.12. The summed E-state index contributed by atoms with van der Waals surface area (Å²) in [5.41, 5.74) is 2.09. The number of hydrogen-bond donors (Lipinski definition) is 1. The van der Waals surface area contributed by atoms with Gasteiger partial charge in [0, 0.05) is 6.04 Å². The van der Waals surface area contributed by atoms with Gasteiger partial charge in [-0.1, -0.05) is 6.07 Å². The third-order valence-corrected chi connectivity index (χ3v) is 6.18. The Kier molecular flexibility index (Phi) is 5.11. The second kappa shape index (κ2) is 7.17. The molecule has 2 aromatic rings. The molecule has 0 radical (unpaired) electrons. The van der Waals surface area contributed by atoms with Crippen molar-refractivity contribution in [3.8, 4) is 17.2 Å². The molecular weight excluding hydrogens is 354 g/mol. The first kappa shape index (κ1) is 18.5. The van der Waals surface area contributed by atoms with E-state index >= 15 is 0 Å². The highest BCUT2D eigenvalue weighted by atomic mass is 32.2. The van der Waals surface area contributed by atoms with E-state index in [2.05, 4.69) is 4.72 Å². The van der Waals surface area contributed by atoms with Crippen molar-refractivity contribution in [2.24, 2.45) is 0 Å². The summed E-state index contributed by atoms with van der Waals surface area (Å²) in [5, 5.41) is 0. The van der Waals surface area contributed by atoms with E-state index < -0.39 is 16.1 Å². The zero-order valence-corrected chi connectivity index (χ0v) is 16.1. The number of nitrogens with one attached hydrogen (secondary N) is 1. The van der Waals surface area contributed by atoms with Gasteiger partial charge in [-0.15, -0.1) is 0 Å². The van der Waals surface area contributed by atoms with E-state index in [1.807, 2.05) is 12.1 Å². The lowest BCUT2D eigenvalue weighted by atomic mass is 10.1. The summed E-state index contributed by atoms with van der Waals surface area (Å²) < 4.78 is 44.9. The Balaban J connectivity index is 1.88. The highest BCUT2D eigenvalue weighted by molar-refractivity contribution is 7.89. The van der Waals surface area contributed by atoms with Crippen LogP contribution in [-0.4, -0.2) is 28.7 Å². The first-order valence-corrected chi connectivity index (χ1v) is 9.87. The van der Waals surface area contributed by atoms with Crippen molar-refractivity contribution in [3.05, 3.63) is 47.0 Å². The maximum atomic E-state index is 12.9. The fraction of sp³-hybridized carbons (Fsp3) is 0.368. The number of methoxy groups -OCH3 is 1. The number of fused-ring (bicyclic) bond motifs is 1. The number of aryl methyl sites for hydroxylation is 2. The van der Waals surface area contributed by atoms with Crippen LogP contribution in [0.25, 0.3) is 0 Å². The molecule has 7 heteroatoms. The van der Waals surface area contributed by atoms with Crippen molar-refractivity contribution < 1.29 is 22.6 Å². The van der Waals surface area contributed by atoms with Crippen LogP contribution in [0.5, 0.6) is 17.2 Å². The first-order valence-electron chi connectivity index (χ1n) is 8.39. The van der Waals surface area contributed by atoms with Gasteiger partial charge in [-0.25, -0.2) is 13.1 Å². The van der Waals surface area contributed by atoms with Gasteiger partial charge in [-0.2, -0.15) is 0 Å². The Labute approximate surface area is 154 Å². The lowest BCUT2D eigenvalue weighted by molar-refractivity contribution is 0.171. The Morgan fingerprint density at radius 3 is 2.27 bits per heavy atom. The van der Waals surface area contributed by atoms with Crippen molar-refractivity contribution >= 4 is 10.0 Å². The van der Waals surface area contributed by atoms with Crippen LogP contribution in [0.3, 0.4) is 0 Å². The molecule has 6 nitrogen and oxygen atoms in total. The summed E-state index contributed by atoms with van der Waals surface area (Å²) in [6, 6.07) is 8.48. The molecule has 1 aliphatic heterocycles. The molecule has 0 spiro atoms. The van der Waals surface area contributed by atoms with Gasteiger partial charge in [-0.3, -0.25) is 0 Å². The molecule has 0 aliphatic carbocycles. The van der Waals surface area contributed by atoms with Gasteiger partial charge in [0.25, 0.3) is 0 Å². The molecule has 0 bridgehead atoms. The van der Waals surface area contributed by atoms with Gasteiger partial charge in [-0.05, 0) is 61.7 Å². The molecule has 0 unspecified atom stereocenters. The summed E-state index contributed by atoms with van der Waals surface area (Å²) >= 11 is 0. The molecule has 0 aromatic heterocycles. The normalized spacial score (nSPS) is 14.8. The average Bonchev–Trinajstić information content (AvgIpc) is 2.59. The summed E-state index contributed by atoms with van der Waals surface area (Å²) in [7, 11) is -2.13. The van der Waals surface area contributed by atoms with Crippen LogP contribution in [-0.2, 0) is 10.0 Å². The van der Waals surface area contributed by atoms with Gasteiger partial charge in [0.15, 0.2) is 11.5 Å². The lowest BCUT2D eigenvalue weighted by Gasteiger charge is -2.21. The van der Waals surface area contributed by atoms with Crippen LogP contribution in [0.1, 0.15) is 29.7 Å². The molecule has 1 heterocycles. The van der Waals surface area contributed by atoms with E-state index in [9.17, 15) is 8.42 Å². The topological polar surface area (TPSA) is 73.9 Å². The molecule has 0 amide bonds. The molecule has 140 valence electrons. The second-order valence-corrected chi connectivity index (χ2v) is 7.99. The maximum Gasteiger partial charge on any atom is 0.241 e. The first-order chi connectivity index (χ1) is 12.3. The minimum Gasteiger partial charge on any atom is -0.497 e. The lowest BCUT2D eigenvalue weighted by Crippen LogP contribution is -2.28. The zero-order valence-electron chi connectivity index (χ0n) is 15.3. The summed E-state index contributed by atoms with van der Waals surface area (Å²) in [5.74, 6) is 1.95. The zero-order chi connectivity index (χ0) is 18.9. The number of rotatable bonds is 5. The molecule has 0 saturated heterocycles. The molecule has 1 atom stereocenters. The minimum atomic E-state index is -3.69. The largest absolute Gasteiger partial charge is 0.497 e. The number of hydrogen-bond acceptors (Lipinski definition) is 5. The highest BCUT2D eigenvalue weighted by Crippen LogP contribution is 2.33. The van der Waals surface area contributed by atoms with E-state index in [1.165, 1.54) is 0 Å². The van der Waals surface area contributed by atoms with E-state index in [1.54, 1.807) is 46.1 Å². The Bertz CT molecular complexity index is 901. The number of benzene rings is 2. The molecule has 26 heavy (non-hydrogen) atoms. The standard InChI is InChI=1S/C19H23NO5S/c1-12-9-16(23-4)10-13(2)19(12)26(21,22)20-14(3)15-5-6-17-18(11-15)25-8-7-24-17/h5-6,9-11,14,20H,7-8H2,1-4H3/t14-/m0/s1. The quantitative estimate of drug-likeness (QED) is 0.867. The van der Waals surface area contributed by atoms with Gasteiger partial charge >= 0.3 is 0 Å². The van der Waals surface area contributed by atoms with Crippen LogP contribution >= 0.6 is 0 Å². The van der Waals surface area contributed by atoms with E-state index in [0.717, 1.165) is 5.56 Å². The van der Waals surface area contributed by atoms with E-state index in [-0.39, 0.29) is 4.90 Å². The Hall–Kier alpha value is -2.25. The van der Waals surface area contributed by atoms with Gasteiger partial charge in [0.1, 0.15) is 19.0 Å². The van der Waals surface area contributed by atoms with Crippen molar-refractivity contribution in [1.82, 2.24) is 4.72 Å². The van der Waals surface area contributed by atoms with E-state index in [0.29, 0.717) is 41.6 Å². The number of sulfonamides is 1. The fourth-order valence-corrected chi connectivity index (χ4v) is 4.83. The Morgan fingerprint density at radius 1 is 1.04 bits per heavy atom.